The molecule has 5 atom stereocenters. The molecule has 0 fully saturated rings. The molecule has 0 unspecified atom stereocenters. The summed E-state index contributed by atoms with van der Waals surface area (Å²) in [5.74, 6) is -13.4. The van der Waals surface area contributed by atoms with Crippen molar-refractivity contribution in [3.8, 4) is 0 Å². The van der Waals surface area contributed by atoms with E-state index in [1.54, 1.807) is 30.5 Å². The SMILES string of the molecule is CC(=O)[C@H](CCC(=O)O)CC(=O)[C@H](Cc1c[nH]c2ccccc12)NC(=O)[C@@H](CC(=O)CNC(=O)[C@H](CCC(=O)O)CC(=O)[C@@H](CC(=O)O)NS(=O)(=O)c1ccc(Cl)cc1Cl)Cc1cccc(F)c1. The Bertz CT molecular complexity index is 2680. The summed E-state index contributed by atoms with van der Waals surface area (Å²) in [5, 5.41) is 33.6. The van der Waals surface area contributed by atoms with E-state index in [2.05, 4.69) is 15.6 Å². The molecular formula is C46H49Cl2FN4O14S. The number of hydrogen-bond donors (Lipinski definition) is 7. The molecule has 0 saturated heterocycles. The van der Waals surface area contributed by atoms with Crippen LogP contribution in [0.3, 0.4) is 0 Å². The second-order valence-corrected chi connectivity index (χ2v) is 18.7. The van der Waals surface area contributed by atoms with E-state index in [0.717, 1.165) is 35.2 Å². The number of sulfonamides is 1. The number of Topliss-reactive ketones (excluding diaryl/α,β-unsaturated/α-hetero) is 4. The first-order valence-electron chi connectivity index (χ1n) is 21.1. The highest BCUT2D eigenvalue weighted by Gasteiger charge is 2.34. The molecule has 2 amide bonds. The molecule has 364 valence electrons. The van der Waals surface area contributed by atoms with Crippen molar-refractivity contribution in [2.24, 2.45) is 17.8 Å². The number of nitrogens with one attached hydrogen (secondary N) is 4. The van der Waals surface area contributed by atoms with E-state index in [1.807, 2.05) is 4.72 Å². The predicted molar refractivity (Wildman–Crippen MR) is 244 cm³/mol. The molecule has 18 nitrogen and oxygen atoms in total. The lowest BCUT2D eigenvalue weighted by molar-refractivity contribution is -0.140. The summed E-state index contributed by atoms with van der Waals surface area (Å²) >= 11 is 11.9. The number of carbonyl (C=O) groups excluding carboxylic acids is 6. The van der Waals surface area contributed by atoms with Crippen LogP contribution in [-0.2, 0) is 66.0 Å². The van der Waals surface area contributed by atoms with Crippen molar-refractivity contribution in [1.29, 1.82) is 0 Å². The number of ketones is 4. The number of aliphatic carboxylic acids is 3. The maximum atomic E-state index is 14.4. The number of aromatic nitrogens is 1. The minimum absolute atomic E-state index is 0.0776. The fraction of sp³-hybridized carbons (Fsp3) is 0.370. The summed E-state index contributed by atoms with van der Waals surface area (Å²) in [5.41, 5.74) is 1.61. The van der Waals surface area contributed by atoms with Gasteiger partial charge in [0, 0.05) is 78.4 Å². The number of para-hydroxylation sites is 1. The van der Waals surface area contributed by atoms with E-state index >= 15 is 0 Å². The maximum Gasteiger partial charge on any atom is 0.305 e. The Hall–Kier alpha value is -6.35. The number of carboxylic acid groups (broad SMARTS) is 3. The molecule has 1 aromatic heterocycles. The zero-order valence-electron chi connectivity index (χ0n) is 36.5. The quantitative estimate of drug-likeness (QED) is 0.0382. The second kappa shape index (κ2) is 25.1. The minimum Gasteiger partial charge on any atom is -0.481 e. The lowest BCUT2D eigenvalue weighted by Crippen LogP contribution is -2.47. The molecule has 0 radical (unpaired) electrons. The molecule has 0 saturated carbocycles. The molecule has 0 bridgehead atoms. The van der Waals surface area contributed by atoms with E-state index < -0.39 is 155 Å². The second-order valence-electron chi connectivity index (χ2n) is 16.2. The van der Waals surface area contributed by atoms with Gasteiger partial charge in [-0.3, -0.25) is 43.2 Å². The third-order valence-electron chi connectivity index (χ3n) is 11.0. The van der Waals surface area contributed by atoms with Crippen LogP contribution in [0.15, 0.2) is 77.8 Å². The van der Waals surface area contributed by atoms with Gasteiger partial charge in [0.2, 0.25) is 21.8 Å². The largest absolute Gasteiger partial charge is 0.481 e. The number of aromatic amines is 1. The number of carboxylic acids is 3. The van der Waals surface area contributed by atoms with Gasteiger partial charge < -0.3 is 30.9 Å². The Labute approximate surface area is 399 Å². The summed E-state index contributed by atoms with van der Waals surface area (Å²) in [6.07, 6.45) is -3.39. The molecular weight excluding hydrogens is 954 g/mol. The van der Waals surface area contributed by atoms with Crippen molar-refractivity contribution in [3.63, 3.8) is 0 Å². The van der Waals surface area contributed by atoms with Crippen molar-refractivity contribution >= 4 is 97.0 Å². The molecule has 7 N–H and O–H groups in total. The van der Waals surface area contributed by atoms with Gasteiger partial charge in [0.15, 0.2) is 17.3 Å². The highest BCUT2D eigenvalue weighted by atomic mass is 35.5. The van der Waals surface area contributed by atoms with E-state index in [0.29, 0.717) is 5.56 Å². The van der Waals surface area contributed by atoms with Crippen LogP contribution < -0.4 is 15.4 Å². The van der Waals surface area contributed by atoms with E-state index in [4.69, 9.17) is 23.2 Å². The van der Waals surface area contributed by atoms with Gasteiger partial charge in [-0.15, -0.1) is 0 Å². The molecule has 68 heavy (non-hydrogen) atoms. The molecule has 4 rings (SSSR count). The van der Waals surface area contributed by atoms with Gasteiger partial charge in [0.1, 0.15) is 16.5 Å². The minimum atomic E-state index is -4.66. The first-order valence-corrected chi connectivity index (χ1v) is 23.3. The van der Waals surface area contributed by atoms with E-state index in [1.165, 1.54) is 25.1 Å². The number of benzene rings is 3. The van der Waals surface area contributed by atoms with Crippen LogP contribution in [0, 0.1) is 23.6 Å². The first kappa shape index (κ1) is 54.3. The molecule has 4 aromatic rings. The fourth-order valence-electron chi connectivity index (χ4n) is 7.42. The van der Waals surface area contributed by atoms with Crippen LogP contribution in [0.25, 0.3) is 10.9 Å². The molecule has 0 aliphatic heterocycles. The predicted octanol–water partition coefficient (Wildman–Crippen LogP) is 4.87. The lowest BCUT2D eigenvalue weighted by Gasteiger charge is -2.24. The maximum absolute atomic E-state index is 14.4. The van der Waals surface area contributed by atoms with E-state index in [9.17, 15) is 71.3 Å². The number of rotatable bonds is 29. The summed E-state index contributed by atoms with van der Waals surface area (Å²) in [7, 11) is -4.66. The van der Waals surface area contributed by atoms with Gasteiger partial charge in [-0.1, -0.05) is 53.5 Å². The molecule has 0 aliphatic rings. The molecule has 0 spiro atoms. The smallest absolute Gasteiger partial charge is 0.305 e. The van der Waals surface area contributed by atoms with Crippen molar-refractivity contribution in [2.45, 2.75) is 88.1 Å². The van der Waals surface area contributed by atoms with Gasteiger partial charge in [-0.2, -0.15) is 4.72 Å². The average Bonchev–Trinajstić information content (AvgIpc) is 3.66. The number of amides is 2. The Morgan fingerprint density at radius 3 is 1.99 bits per heavy atom. The first-order chi connectivity index (χ1) is 32.0. The van der Waals surface area contributed by atoms with Gasteiger partial charge in [-0.05, 0) is 73.7 Å². The van der Waals surface area contributed by atoms with Crippen LogP contribution in [0.2, 0.25) is 10.0 Å². The van der Waals surface area contributed by atoms with Crippen LogP contribution in [-0.4, -0.2) is 100 Å². The standard InChI is InChI=1S/C46H49Cl2FN4O14S/c1-25(54)27(9-13-42(58)59)19-39(56)37(18-30-23-50-36-8-3-2-7-34(30)36)52-46(65)29(15-26-5-4-6-32(49)16-26)17-33(55)24-51-45(64)28(10-14-43(60)61)20-40(57)38(22-44(62)63)53-68(66,67)41-12-11-31(47)21-35(41)48/h2-8,11-12,16,21,23,27-29,37-38,50,53H,9-10,13-15,17-20,22,24H2,1H3,(H,51,64)(H,52,65)(H,58,59)(H,60,61)(H,62,63)/t27-,28-,29-,37+,38-/m1/s1. The summed E-state index contributed by atoms with van der Waals surface area (Å²) in [6, 6.07) is 12.3. The zero-order chi connectivity index (χ0) is 50.3. The average molecular weight is 1000 g/mol. The Balaban J connectivity index is 1.56. The molecule has 0 aliphatic carbocycles. The third kappa shape index (κ3) is 16.8. The van der Waals surface area contributed by atoms with Crippen molar-refractivity contribution in [3.05, 3.63) is 99.9 Å². The van der Waals surface area contributed by atoms with Crippen molar-refractivity contribution in [1.82, 2.24) is 20.3 Å². The lowest BCUT2D eigenvalue weighted by atomic mass is 9.88. The number of H-pyrrole nitrogens is 1. The molecule has 1 heterocycles. The summed E-state index contributed by atoms with van der Waals surface area (Å²) in [6.45, 7) is 0.436. The van der Waals surface area contributed by atoms with Crippen molar-refractivity contribution in [2.75, 3.05) is 6.54 Å². The van der Waals surface area contributed by atoms with Gasteiger partial charge in [0.05, 0.1) is 30.1 Å². The molecule has 3 aromatic carbocycles. The van der Waals surface area contributed by atoms with Crippen LogP contribution in [0.1, 0.15) is 69.4 Å². The highest BCUT2D eigenvalue weighted by Crippen LogP contribution is 2.27. The van der Waals surface area contributed by atoms with Crippen LogP contribution in [0.4, 0.5) is 4.39 Å². The Kier molecular flexibility index (Phi) is 20.1. The third-order valence-corrected chi connectivity index (χ3v) is 13.2. The Morgan fingerprint density at radius 2 is 1.35 bits per heavy atom. The fourth-order valence-corrected chi connectivity index (χ4v) is 9.41. The topological polar surface area (TPSA) is 300 Å². The monoisotopic (exact) mass is 1000 g/mol. The Morgan fingerprint density at radius 1 is 0.706 bits per heavy atom. The zero-order valence-corrected chi connectivity index (χ0v) is 38.8. The van der Waals surface area contributed by atoms with Gasteiger partial charge in [0.25, 0.3) is 0 Å². The van der Waals surface area contributed by atoms with Gasteiger partial charge >= 0.3 is 17.9 Å². The van der Waals surface area contributed by atoms with Crippen molar-refractivity contribution < 1.29 is 71.3 Å². The molecule has 22 heteroatoms. The number of halogens is 3. The summed E-state index contributed by atoms with van der Waals surface area (Å²) in [4.78, 5) is 119. The summed E-state index contributed by atoms with van der Waals surface area (Å²) < 4.78 is 42.7. The van der Waals surface area contributed by atoms with Crippen LogP contribution in [0.5, 0.6) is 0 Å². The number of fused-ring (bicyclic) bond motifs is 1. The van der Waals surface area contributed by atoms with Crippen LogP contribution >= 0.6 is 23.2 Å². The van der Waals surface area contributed by atoms with E-state index in [-0.39, 0.29) is 34.9 Å². The normalized spacial score (nSPS) is 13.6. The highest BCUT2D eigenvalue weighted by molar-refractivity contribution is 7.89. The van der Waals surface area contributed by atoms with Gasteiger partial charge in [-0.25, -0.2) is 12.8 Å². The number of hydrogen-bond acceptors (Lipinski definition) is 11. The number of carbonyl (C=O) groups is 9.